The van der Waals surface area contributed by atoms with Crippen molar-refractivity contribution in [2.45, 2.75) is 12.5 Å². The Morgan fingerprint density at radius 2 is 2.64 bits per heavy atom. The van der Waals surface area contributed by atoms with Gasteiger partial charge in [-0.1, -0.05) is 0 Å². The molecule has 1 aliphatic rings. The average molecular weight is 159 g/mol. The third kappa shape index (κ3) is 2.48. The fourth-order valence-electron chi connectivity index (χ4n) is 0.932. The zero-order chi connectivity index (χ0) is 8.10. The second kappa shape index (κ2) is 4.31. The maximum absolute atomic E-state index is 10.8. The summed E-state index contributed by atoms with van der Waals surface area (Å²) in [5.74, 6) is -0.221. The zero-order valence-corrected chi connectivity index (χ0v) is 6.63. The molecule has 0 bridgehead atoms. The molecule has 0 radical (unpaired) electrons. The van der Waals surface area contributed by atoms with E-state index in [9.17, 15) is 4.79 Å². The van der Waals surface area contributed by atoms with Gasteiger partial charge in [-0.2, -0.15) is 0 Å². The molecule has 4 nitrogen and oxygen atoms in total. The topological polar surface area (TPSA) is 47.6 Å². The Bertz CT molecular complexity index is 138. The first kappa shape index (κ1) is 8.49. The summed E-state index contributed by atoms with van der Waals surface area (Å²) in [4.78, 5) is 10.8. The lowest BCUT2D eigenvalue weighted by atomic mass is 10.3. The molecule has 1 saturated heterocycles. The summed E-state index contributed by atoms with van der Waals surface area (Å²) in [6.45, 7) is 1.84. The van der Waals surface area contributed by atoms with Gasteiger partial charge in [-0.05, 0) is 7.05 Å². The fourth-order valence-corrected chi connectivity index (χ4v) is 0.932. The van der Waals surface area contributed by atoms with Gasteiger partial charge >= 0.3 is 5.97 Å². The van der Waals surface area contributed by atoms with Crippen LogP contribution in [0.4, 0.5) is 0 Å². The van der Waals surface area contributed by atoms with Crippen LogP contribution in [0, 0.1) is 0 Å². The highest BCUT2D eigenvalue weighted by Gasteiger charge is 2.26. The third-order valence-electron chi connectivity index (χ3n) is 1.56. The van der Waals surface area contributed by atoms with Gasteiger partial charge in [0.1, 0.15) is 0 Å². The highest BCUT2D eigenvalue weighted by Crippen LogP contribution is 2.09. The Kier molecular flexibility index (Phi) is 3.32. The van der Waals surface area contributed by atoms with Crippen molar-refractivity contribution in [2.24, 2.45) is 0 Å². The minimum absolute atomic E-state index is 0.221. The summed E-state index contributed by atoms with van der Waals surface area (Å²) in [5.41, 5.74) is 0. The van der Waals surface area contributed by atoms with Gasteiger partial charge in [-0.3, -0.25) is 0 Å². The van der Waals surface area contributed by atoms with Crippen molar-refractivity contribution in [3.8, 4) is 0 Å². The second-order valence-corrected chi connectivity index (χ2v) is 2.42. The molecule has 0 aromatic heterocycles. The van der Waals surface area contributed by atoms with E-state index in [1.54, 1.807) is 0 Å². The summed E-state index contributed by atoms with van der Waals surface area (Å²) >= 11 is 0. The number of nitrogens with one attached hydrogen (secondary N) is 1. The normalized spacial score (nSPS) is 23.7. The average Bonchev–Trinajstić information content (AvgIpc) is 2.37. The van der Waals surface area contributed by atoms with E-state index in [0.717, 1.165) is 6.54 Å². The fraction of sp³-hybridized carbons (Fsp3) is 0.857. The summed E-state index contributed by atoms with van der Waals surface area (Å²) in [6.07, 6.45) is 0.381. The molecule has 1 aliphatic heterocycles. The van der Waals surface area contributed by atoms with Crippen LogP contribution in [0.2, 0.25) is 0 Å². The Morgan fingerprint density at radius 1 is 1.82 bits per heavy atom. The Morgan fingerprint density at radius 3 is 3.18 bits per heavy atom. The van der Waals surface area contributed by atoms with Crippen molar-refractivity contribution in [3.63, 3.8) is 0 Å². The quantitative estimate of drug-likeness (QED) is 0.445. The molecule has 1 rings (SSSR count). The minimum atomic E-state index is -0.316. The van der Waals surface area contributed by atoms with Crippen LogP contribution < -0.4 is 5.32 Å². The van der Waals surface area contributed by atoms with E-state index in [0.29, 0.717) is 19.6 Å². The number of carbonyl (C=O) groups is 1. The van der Waals surface area contributed by atoms with E-state index in [-0.39, 0.29) is 12.1 Å². The first-order valence-electron chi connectivity index (χ1n) is 3.77. The van der Waals surface area contributed by atoms with Crippen LogP contribution in [0.25, 0.3) is 0 Å². The van der Waals surface area contributed by atoms with Gasteiger partial charge < -0.3 is 14.8 Å². The molecular formula is C7H13NO3. The van der Waals surface area contributed by atoms with Crippen molar-refractivity contribution in [1.29, 1.82) is 0 Å². The van der Waals surface area contributed by atoms with Crippen LogP contribution in [-0.2, 0) is 14.3 Å². The molecule has 0 saturated carbocycles. The summed E-state index contributed by atoms with van der Waals surface area (Å²) in [6, 6.07) is 0. The van der Waals surface area contributed by atoms with Gasteiger partial charge in [0.15, 0.2) is 6.10 Å². The predicted molar refractivity (Wildman–Crippen MR) is 39.2 cm³/mol. The van der Waals surface area contributed by atoms with Gasteiger partial charge in [0.05, 0.1) is 13.2 Å². The Hall–Kier alpha value is -0.610. The number of rotatable bonds is 4. The van der Waals surface area contributed by atoms with E-state index in [2.05, 4.69) is 5.32 Å². The van der Waals surface area contributed by atoms with Crippen LogP contribution >= 0.6 is 0 Å². The number of esters is 1. The number of ether oxygens (including phenoxy) is 2. The lowest BCUT2D eigenvalue weighted by Gasteiger charge is -2.06. The zero-order valence-electron chi connectivity index (χ0n) is 6.63. The number of likely N-dealkylation sites (N-methyl/N-ethyl adjacent to an activating group) is 1. The lowest BCUT2D eigenvalue weighted by Crippen LogP contribution is -2.23. The van der Waals surface area contributed by atoms with Gasteiger partial charge in [-0.25, -0.2) is 4.79 Å². The van der Waals surface area contributed by atoms with Crippen LogP contribution in [0.3, 0.4) is 0 Å². The van der Waals surface area contributed by atoms with Crippen molar-refractivity contribution < 1.29 is 14.3 Å². The van der Waals surface area contributed by atoms with E-state index in [4.69, 9.17) is 9.47 Å². The molecular weight excluding hydrogens is 146 g/mol. The molecule has 0 aliphatic carbocycles. The summed E-state index contributed by atoms with van der Waals surface area (Å²) < 4.78 is 9.93. The minimum Gasteiger partial charge on any atom is -0.464 e. The largest absolute Gasteiger partial charge is 0.464 e. The van der Waals surface area contributed by atoms with Crippen LogP contribution in [-0.4, -0.2) is 38.9 Å². The molecule has 1 atom stereocenters. The molecule has 1 heterocycles. The summed E-state index contributed by atoms with van der Waals surface area (Å²) in [5, 5.41) is 2.93. The van der Waals surface area contributed by atoms with E-state index >= 15 is 0 Å². The third-order valence-corrected chi connectivity index (χ3v) is 1.56. The molecule has 1 fully saturated rings. The molecule has 0 aromatic carbocycles. The molecule has 11 heavy (non-hydrogen) atoms. The van der Waals surface area contributed by atoms with Crippen LogP contribution in [0.15, 0.2) is 0 Å². The summed E-state index contributed by atoms with van der Waals surface area (Å²) in [7, 11) is 1.84. The van der Waals surface area contributed by atoms with Gasteiger partial charge in [0, 0.05) is 13.0 Å². The molecule has 4 heteroatoms. The smallest absolute Gasteiger partial charge is 0.335 e. The van der Waals surface area contributed by atoms with Gasteiger partial charge in [-0.15, -0.1) is 0 Å². The number of hydrogen-bond acceptors (Lipinski definition) is 4. The van der Waals surface area contributed by atoms with Crippen molar-refractivity contribution >= 4 is 5.97 Å². The highest BCUT2D eigenvalue weighted by molar-refractivity contribution is 5.76. The van der Waals surface area contributed by atoms with Crippen molar-refractivity contribution in [2.75, 3.05) is 26.8 Å². The Labute approximate surface area is 65.9 Å². The predicted octanol–water partition coefficient (Wildman–Crippen LogP) is -0.462. The van der Waals surface area contributed by atoms with Crippen LogP contribution in [0.5, 0.6) is 0 Å². The van der Waals surface area contributed by atoms with Crippen LogP contribution in [0.1, 0.15) is 6.42 Å². The van der Waals surface area contributed by atoms with Crippen molar-refractivity contribution in [3.05, 3.63) is 0 Å². The molecule has 0 aromatic rings. The van der Waals surface area contributed by atoms with E-state index < -0.39 is 0 Å². The Balaban J connectivity index is 2.10. The first-order chi connectivity index (χ1) is 5.34. The first-order valence-corrected chi connectivity index (χ1v) is 3.77. The van der Waals surface area contributed by atoms with E-state index in [1.165, 1.54) is 0 Å². The number of hydrogen-bond donors (Lipinski definition) is 1. The maximum Gasteiger partial charge on any atom is 0.335 e. The molecule has 0 spiro atoms. The van der Waals surface area contributed by atoms with Gasteiger partial charge in [0.2, 0.25) is 0 Å². The standard InChI is InChI=1S/C7H13NO3/c1-8-3-5-10-6-2-4-11-7(6)9/h6,8H,2-5H2,1H3. The molecule has 1 N–H and O–H groups in total. The molecule has 1 unspecified atom stereocenters. The number of cyclic esters (lactones) is 1. The van der Waals surface area contributed by atoms with E-state index in [1.807, 2.05) is 7.05 Å². The SMILES string of the molecule is CNCCOC1CCOC1=O. The van der Waals surface area contributed by atoms with Crippen molar-refractivity contribution in [1.82, 2.24) is 5.32 Å². The highest BCUT2D eigenvalue weighted by atomic mass is 16.6. The lowest BCUT2D eigenvalue weighted by molar-refractivity contribution is -0.147. The van der Waals surface area contributed by atoms with Gasteiger partial charge in [0.25, 0.3) is 0 Å². The number of carbonyl (C=O) groups excluding carboxylic acids is 1. The monoisotopic (exact) mass is 159 g/mol. The second-order valence-electron chi connectivity index (χ2n) is 2.42. The molecule has 64 valence electrons. The maximum atomic E-state index is 10.8. The molecule has 0 amide bonds.